The monoisotopic (exact) mass is 317 g/mol. The lowest BCUT2D eigenvalue weighted by atomic mass is 9.72. The van der Waals surface area contributed by atoms with E-state index in [0.29, 0.717) is 12.2 Å². The minimum absolute atomic E-state index is 0.101. The topological polar surface area (TPSA) is 72.9 Å². The van der Waals surface area contributed by atoms with Gasteiger partial charge in [0.25, 0.3) is 5.78 Å². The molecule has 1 saturated heterocycles. The number of esters is 1. The predicted octanol–water partition coefficient (Wildman–Crippen LogP) is 1.49. The summed E-state index contributed by atoms with van der Waals surface area (Å²) in [4.78, 5) is 38.5. The number of carbonyl (C=O) groups is 3. The van der Waals surface area contributed by atoms with Crippen LogP contribution in [0.2, 0.25) is 0 Å². The van der Waals surface area contributed by atoms with E-state index in [0.717, 1.165) is 5.56 Å². The van der Waals surface area contributed by atoms with Gasteiger partial charge in [0.15, 0.2) is 5.72 Å². The molecule has 0 spiro atoms. The van der Waals surface area contributed by atoms with E-state index in [-0.39, 0.29) is 12.5 Å². The number of amides is 1. The van der Waals surface area contributed by atoms with Gasteiger partial charge in [-0.2, -0.15) is 0 Å². The van der Waals surface area contributed by atoms with Crippen molar-refractivity contribution in [3.8, 4) is 5.75 Å². The van der Waals surface area contributed by atoms with Crippen molar-refractivity contribution in [2.45, 2.75) is 31.9 Å². The van der Waals surface area contributed by atoms with Crippen molar-refractivity contribution in [2.24, 2.45) is 5.92 Å². The van der Waals surface area contributed by atoms with Crippen LogP contribution in [0.1, 0.15) is 31.7 Å². The number of likely N-dealkylation sites (tertiary alicyclic amines) is 1. The maximum Gasteiger partial charge on any atom is 0.375 e. The number of carbonyl (C=O) groups excluding carboxylic acids is 3. The first-order chi connectivity index (χ1) is 10.9. The number of piperidine rings is 1. The molecule has 0 aromatic heterocycles. The van der Waals surface area contributed by atoms with Crippen LogP contribution in [0.15, 0.2) is 24.3 Å². The van der Waals surface area contributed by atoms with Crippen LogP contribution >= 0.6 is 0 Å². The lowest BCUT2D eigenvalue weighted by Gasteiger charge is -2.51. The fraction of sp³-hybridized carbons (Fsp3) is 0.471. The molecule has 2 heterocycles. The molecule has 1 aromatic rings. The Morgan fingerprint density at radius 3 is 2.78 bits per heavy atom. The van der Waals surface area contributed by atoms with Gasteiger partial charge in [0, 0.05) is 19.4 Å². The molecule has 1 aromatic carbocycles. The minimum atomic E-state index is -1.06. The largest absolute Gasteiger partial charge is 0.468 e. The molecule has 0 saturated carbocycles. The predicted molar refractivity (Wildman–Crippen MR) is 80.7 cm³/mol. The van der Waals surface area contributed by atoms with Crippen molar-refractivity contribution in [3.05, 3.63) is 29.8 Å². The maximum atomic E-state index is 12.7. The van der Waals surface area contributed by atoms with E-state index in [1.807, 2.05) is 31.2 Å². The molecular weight excluding hydrogens is 298 g/mol. The van der Waals surface area contributed by atoms with Crippen LogP contribution in [0, 0.1) is 5.92 Å². The van der Waals surface area contributed by atoms with Gasteiger partial charge in [-0.1, -0.05) is 18.2 Å². The van der Waals surface area contributed by atoms with Crippen LogP contribution in [-0.2, 0) is 19.1 Å². The van der Waals surface area contributed by atoms with Crippen molar-refractivity contribution < 1.29 is 23.9 Å². The normalized spacial score (nSPS) is 28.7. The molecule has 1 amide bonds. The molecule has 0 radical (unpaired) electrons. The Kier molecular flexibility index (Phi) is 3.62. The van der Waals surface area contributed by atoms with Crippen molar-refractivity contribution in [3.63, 3.8) is 0 Å². The second-order valence-corrected chi connectivity index (χ2v) is 6.09. The van der Waals surface area contributed by atoms with Gasteiger partial charge in [0.05, 0.1) is 6.61 Å². The van der Waals surface area contributed by atoms with Gasteiger partial charge in [0.2, 0.25) is 5.91 Å². The van der Waals surface area contributed by atoms with E-state index in [9.17, 15) is 14.4 Å². The van der Waals surface area contributed by atoms with E-state index >= 15 is 0 Å². The molecule has 2 aliphatic rings. The standard InChI is InChI=1S/C17H19NO5/c1-4-22-16(21)14(19)13-11-9-17(2,18(3)15(13)20)23-12-8-6-5-7-10(11)12/h5-8,11,13H,4,9H2,1-3H3/t11-,13+,17-/m1/s1. The summed E-state index contributed by atoms with van der Waals surface area (Å²) in [5.41, 5.74) is -0.0317. The third-order valence-corrected chi connectivity index (χ3v) is 4.71. The molecule has 2 bridgehead atoms. The first kappa shape index (κ1) is 15.5. The molecule has 6 heteroatoms. The molecule has 0 unspecified atom stereocenters. The van der Waals surface area contributed by atoms with Crippen LogP contribution in [-0.4, -0.2) is 41.9 Å². The number of ether oxygens (including phenoxy) is 2. The summed E-state index contributed by atoms with van der Waals surface area (Å²) >= 11 is 0. The molecule has 1 fully saturated rings. The first-order valence-corrected chi connectivity index (χ1v) is 7.65. The number of ketones is 1. The molecule has 122 valence electrons. The SMILES string of the molecule is CCOC(=O)C(=O)[C@H]1C(=O)N(C)[C@@]2(C)C[C@@H]1c1ccccc1O2. The van der Waals surface area contributed by atoms with Crippen molar-refractivity contribution >= 4 is 17.7 Å². The average Bonchev–Trinajstić information content (AvgIpc) is 2.53. The molecule has 3 rings (SSSR count). The van der Waals surface area contributed by atoms with Crippen LogP contribution in [0.4, 0.5) is 0 Å². The molecule has 23 heavy (non-hydrogen) atoms. The Balaban J connectivity index is 2.06. The molecular formula is C17H19NO5. The molecule has 0 aliphatic carbocycles. The van der Waals surface area contributed by atoms with E-state index in [2.05, 4.69) is 0 Å². The van der Waals surface area contributed by atoms with Crippen LogP contribution in [0.3, 0.4) is 0 Å². The second kappa shape index (κ2) is 5.37. The molecule has 0 N–H and O–H groups in total. The highest BCUT2D eigenvalue weighted by Gasteiger charge is 2.55. The van der Waals surface area contributed by atoms with Crippen molar-refractivity contribution in [2.75, 3.05) is 13.7 Å². The van der Waals surface area contributed by atoms with Gasteiger partial charge in [-0.25, -0.2) is 4.79 Å². The number of hydrogen-bond donors (Lipinski definition) is 0. The van der Waals surface area contributed by atoms with Crippen molar-refractivity contribution in [1.29, 1.82) is 0 Å². The zero-order chi connectivity index (χ0) is 16.8. The van der Waals surface area contributed by atoms with Crippen LogP contribution in [0.25, 0.3) is 0 Å². The summed E-state index contributed by atoms with van der Waals surface area (Å²) in [6.07, 6.45) is 0.460. The van der Waals surface area contributed by atoms with E-state index in [1.54, 1.807) is 14.0 Å². The van der Waals surface area contributed by atoms with Crippen LogP contribution < -0.4 is 4.74 Å². The zero-order valence-electron chi connectivity index (χ0n) is 13.4. The Morgan fingerprint density at radius 1 is 1.39 bits per heavy atom. The second-order valence-electron chi connectivity index (χ2n) is 6.09. The number of hydrogen-bond acceptors (Lipinski definition) is 5. The van der Waals surface area contributed by atoms with E-state index in [1.165, 1.54) is 4.90 Å². The van der Waals surface area contributed by atoms with Gasteiger partial charge >= 0.3 is 5.97 Å². The molecule has 6 nitrogen and oxygen atoms in total. The molecule has 3 atom stereocenters. The van der Waals surface area contributed by atoms with Gasteiger partial charge in [-0.15, -0.1) is 0 Å². The summed E-state index contributed by atoms with van der Waals surface area (Å²) in [6, 6.07) is 7.33. The number of para-hydroxylation sites is 1. The summed E-state index contributed by atoms with van der Waals surface area (Å²) in [5.74, 6) is -2.94. The first-order valence-electron chi connectivity index (χ1n) is 7.65. The number of nitrogens with zero attached hydrogens (tertiary/aromatic N) is 1. The quantitative estimate of drug-likeness (QED) is 0.480. The van der Waals surface area contributed by atoms with Gasteiger partial charge in [0.1, 0.15) is 11.7 Å². The van der Waals surface area contributed by atoms with Gasteiger partial charge < -0.3 is 14.4 Å². The minimum Gasteiger partial charge on any atom is -0.468 e. The van der Waals surface area contributed by atoms with Crippen LogP contribution in [0.5, 0.6) is 5.75 Å². The molecule has 2 aliphatic heterocycles. The van der Waals surface area contributed by atoms with E-state index in [4.69, 9.17) is 9.47 Å². The lowest BCUT2D eigenvalue weighted by Crippen LogP contribution is -2.62. The Labute approximate surface area is 134 Å². The Morgan fingerprint density at radius 2 is 2.09 bits per heavy atom. The van der Waals surface area contributed by atoms with Crippen molar-refractivity contribution in [1.82, 2.24) is 4.90 Å². The summed E-state index contributed by atoms with van der Waals surface area (Å²) in [5, 5.41) is 0. The average molecular weight is 317 g/mol. The Bertz CT molecular complexity index is 685. The smallest absolute Gasteiger partial charge is 0.375 e. The highest BCUT2D eigenvalue weighted by Crippen LogP contribution is 2.49. The highest BCUT2D eigenvalue weighted by molar-refractivity contribution is 6.38. The van der Waals surface area contributed by atoms with E-state index < -0.39 is 29.3 Å². The fourth-order valence-electron chi connectivity index (χ4n) is 3.42. The summed E-state index contributed by atoms with van der Waals surface area (Å²) in [6.45, 7) is 3.54. The highest BCUT2D eigenvalue weighted by atomic mass is 16.5. The summed E-state index contributed by atoms with van der Waals surface area (Å²) in [7, 11) is 1.60. The number of fused-ring (bicyclic) bond motifs is 4. The maximum absolute atomic E-state index is 12.7. The van der Waals surface area contributed by atoms with Gasteiger partial charge in [-0.3, -0.25) is 9.59 Å². The summed E-state index contributed by atoms with van der Waals surface area (Å²) < 4.78 is 10.8. The number of Topliss-reactive ketones (excluding diaryl/α,β-unsaturated/α-hetero) is 1. The number of benzene rings is 1. The number of rotatable bonds is 3. The zero-order valence-corrected chi connectivity index (χ0v) is 13.4. The third kappa shape index (κ3) is 2.29. The fourth-order valence-corrected chi connectivity index (χ4v) is 3.42. The van der Waals surface area contributed by atoms with Gasteiger partial charge in [-0.05, 0) is 25.5 Å². The Hall–Kier alpha value is -2.37. The lowest BCUT2D eigenvalue weighted by molar-refractivity contribution is -0.175. The third-order valence-electron chi connectivity index (χ3n) is 4.71.